The van der Waals surface area contributed by atoms with E-state index in [-0.39, 0.29) is 17.2 Å². The quantitative estimate of drug-likeness (QED) is 0.545. The van der Waals surface area contributed by atoms with Gasteiger partial charge in [0, 0.05) is 16.8 Å². The van der Waals surface area contributed by atoms with Crippen LogP contribution < -0.4 is 5.32 Å². The molecule has 6 nitrogen and oxygen atoms in total. The van der Waals surface area contributed by atoms with Crippen LogP contribution in [0.2, 0.25) is 0 Å². The van der Waals surface area contributed by atoms with Crippen LogP contribution in [0.5, 0.6) is 0 Å². The number of nitrogens with one attached hydrogen (secondary N) is 2. The van der Waals surface area contributed by atoms with E-state index in [1.54, 1.807) is 0 Å². The molecule has 1 heterocycles. The zero-order valence-corrected chi connectivity index (χ0v) is 19.8. The topological polar surface area (TPSA) is 80.4 Å². The molecule has 3 rings (SSSR count). The summed E-state index contributed by atoms with van der Waals surface area (Å²) in [5.41, 5.74) is 0.763. The molecule has 1 aliphatic rings. The van der Waals surface area contributed by atoms with Crippen molar-refractivity contribution in [3.63, 3.8) is 0 Å². The van der Waals surface area contributed by atoms with Crippen molar-refractivity contribution in [1.82, 2.24) is 4.98 Å². The standard InChI is InChI=1S/C25H36N2O4/c1-15-12-13-17(24(2,3)4)19(14-15)30-23(29)27-20-16-10-8-9-11-18(16)26-21(20)22(28)31-25(5,6)7/h8-11,15,17,19,26H,12-14H2,1-7H3,(H,27,29)/t15?,17-,19-/m1/s1. The Bertz CT molecular complexity index is 949. The van der Waals surface area contributed by atoms with E-state index in [1.807, 2.05) is 45.0 Å². The van der Waals surface area contributed by atoms with Crippen LogP contribution in [0.1, 0.15) is 78.2 Å². The van der Waals surface area contributed by atoms with Gasteiger partial charge in [0.15, 0.2) is 0 Å². The lowest BCUT2D eigenvalue weighted by molar-refractivity contribution is -0.0141. The molecule has 0 spiro atoms. The summed E-state index contributed by atoms with van der Waals surface area (Å²) < 4.78 is 11.5. The van der Waals surface area contributed by atoms with Gasteiger partial charge in [0.05, 0.1) is 5.69 Å². The predicted octanol–water partition coefficient (Wildman–Crippen LogP) is 6.52. The van der Waals surface area contributed by atoms with Gasteiger partial charge in [-0.2, -0.15) is 0 Å². The van der Waals surface area contributed by atoms with E-state index < -0.39 is 17.7 Å². The second-order valence-corrected chi connectivity index (χ2v) is 10.9. The summed E-state index contributed by atoms with van der Waals surface area (Å²) >= 11 is 0. The maximum Gasteiger partial charge on any atom is 0.411 e. The monoisotopic (exact) mass is 428 g/mol. The van der Waals surface area contributed by atoms with E-state index in [0.717, 1.165) is 30.2 Å². The molecule has 6 heteroatoms. The van der Waals surface area contributed by atoms with Gasteiger partial charge in [0.25, 0.3) is 0 Å². The molecule has 0 bridgehead atoms. The fraction of sp³-hybridized carbons (Fsp3) is 0.600. The Balaban J connectivity index is 1.85. The third-order valence-electron chi connectivity index (χ3n) is 5.96. The molecular formula is C25H36N2O4. The molecule has 0 aliphatic heterocycles. The molecule has 2 N–H and O–H groups in total. The largest absolute Gasteiger partial charge is 0.455 e. The van der Waals surface area contributed by atoms with E-state index >= 15 is 0 Å². The third kappa shape index (κ3) is 5.60. The molecule has 1 fully saturated rings. The number of ether oxygens (including phenoxy) is 2. The van der Waals surface area contributed by atoms with Gasteiger partial charge >= 0.3 is 12.1 Å². The first-order valence-electron chi connectivity index (χ1n) is 11.2. The first-order valence-corrected chi connectivity index (χ1v) is 11.2. The number of hydrogen-bond donors (Lipinski definition) is 2. The summed E-state index contributed by atoms with van der Waals surface area (Å²) in [5, 5.41) is 3.58. The van der Waals surface area contributed by atoms with Crippen LogP contribution in [0.3, 0.4) is 0 Å². The molecule has 1 aromatic heterocycles. The minimum absolute atomic E-state index is 0.0491. The molecule has 1 unspecified atom stereocenters. The predicted molar refractivity (Wildman–Crippen MR) is 123 cm³/mol. The van der Waals surface area contributed by atoms with E-state index in [4.69, 9.17) is 9.47 Å². The number of H-pyrrole nitrogens is 1. The van der Waals surface area contributed by atoms with Crippen molar-refractivity contribution < 1.29 is 19.1 Å². The number of fused-ring (bicyclic) bond motifs is 1. The lowest BCUT2D eigenvalue weighted by Crippen LogP contribution is -2.40. The third-order valence-corrected chi connectivity index (χ3v) is 5.96. The molecule has 0 saturated heterocycles. The maximum atomic E-state index is 13.0. The summed E-state index contributed by atoms with van der Waals surface area (Å²) in [6, 6.07) is 7.45. The average Bonchev–Trinajstić information content (AvgIpc) is 2.98. The molecule has 1 saturated carbocycles. The van der Waals surface area contributed by atoms with Crippen LogP contribution >= 0.6 is 0 Å². The van der Waals surface area contributed by atoms with Gasteiger partial charge in [-0.3, -0.25) is 5.32 Å². The average molecular weight is 429 g/mol. The number of aromatic nitrogens is 1. The highest BCUT2D eigenvalue weighted by Crippen LogP contribution is 2.41. The SMILES string of the molecule is CC1CC[C@@H](C(C)(C)C)[C@H](OC(=O)Nc2c(C(=O)OC(C)(C)C)[nH]c3ccccc23)C1. The van der Waals surface area contributed by atoms with Gasteiger partial charge in [-0.05, 0) is 51.0 Å². The number of amides is 1. The van der Waals surface area contributed by atoms with E-state index in [9.17, 15) is 9.59 Å². The number of rotatable bonds is 3. The fourth-order valence-electron chi connectivity index (χ4n) is 4.47. The number of benzene rings is 1. The van der Waals surface area contributed by atoms with Crippen molar-refractivity contribution >= 4 is 28.7 Å². The van der Waals surface area contributed by atoms with Crippen molar-refractivity contribution in [1.29, 1.82) is 0 Å². The zero-order valence-electron chi connectivity index (χ0n) is 19.8. The zero-order chi connectivity index (χ0) is 23.0. The minimum Gasteiger partial charge on any atom is -0.455 e. The normalized spacial score (nSPS) is 22.2. The fourth-order valence-corrected chi connectivity index (χ4v) is 4.47. The molecule has 2 aromatic rings. The summed E-state index contributed by atoms with van der Waals surface area (Å²) in [6.07, 6.45) is 2.34. The van der Waals surface area contributed by atoms with E-state index in [1.165, 1.54) is 0 Å². The Hall–Kier alpha value is -2.50. The summed E-state index contributed by atoms with van der Waals surface area (Å²) in [5.74, 6) is 0.294. The number of carbonyl (C=O) groups excluding carboxylic acids is 2. The highest BCUT2D eigenvalue weighted by atomic mass is 16.6. The Labute approximate surface area is 185 Å². The van der Waals surface area contributed by atoms with Crippen molar-refractivity contribution in [2.24, 2.45) is 17.3 Å². The van der Waals surface area contributed by atoms with Crippen LogP contribution in [-0.4, -0.2) is 28.8 Å². The van der Waals surface area contributed by atoms with Crippen LogP contribution in [0.25, 0.3) is 10.9 Å². The lowest BCUT2D eigenvalue weighted by atomic mass is 9.68. The molecule has 170 valence electrons. The van der Waals surface area contributed by atoms with Crippen LogP contribution in [0.15, 0.2) is 24.3 Å². The molecule has 1 amide bonds. The molecule has 3 atom stereocenters. The summed E-state index contributed by atoms with van der Waals surface area (Å²) in [7, 11) is 0. The van der Waals surface area contributed by atoms with Crippen molar-refractivity contribution in [2.45, 2.75) is 79.4 Å². The number of esters is 1. The Morgan fingerprint density at radius 2 is 1.74 bits per heavy atom. The van der Waals surface area contributed by atoms with Crippen LogP contribution in [0.4, 0.5) is 10.5 Å². The Morgan fingerprint density at radius 1 is 1.06 bits per heavy atom. The number of carbonyl (C=O) groups is 2. The van der Waals surface area contributed by atoms with Gasteiger partial charge < -0.3 is 14.5 Å². The highest BCUT2D eigenvalue weighted by molar-refractivity contribution is 6.10. The first kappa shape index (κ1) is 23.2. The number of anilines is 1. The summed E-state index contributed by atoms with van der Waals surface area (Å²) in [6.45, 7) is 14.2. The van der Waals surface area contributed by atoms with Gasteiger partial charge in [0.1, 0.15) is 17.4 Å². The van der Waals surface area contributed by atoms with Crippen molar-refractivity contribution in [2.75, 3.05) is 5.32 Å². The van der Waals surface area contributed by atoms with Crippen molar-refractivity contribution in [3.05, 3.63) is 30.0 Å². The van der Waals surface area contributed by atoms with Gasteiger partial charge in [-0.25, -0.2) is 9.59 Å². The lowest BCUT2D eigenvalue weighted by Gasteiger charge is -2.41. The highest BCUT2D eigenvalue weighted by Gasteiger charge is 2.39. The van der Waals surface area contributed by atoms with E-state index in [0.29, 0.717) is 17.5 Å². The molecule has 1 aromatic carbocycles. The van der Waals surface area contributed by atoms with Crippen molar-refractivity contribution in [3.8, 4) is 0 Å². The smallest absolute Gasteiger partial charge is 0.411 e. The van der Waals surface area contributed by atoms with Gasteiger partial charge in [-0.15, -0.1) is 0 Å². The Morgan fingerprint density at radius 3 is 2.39 bits per heavy atom. The number of para-hydroxylation sites is 1. The van der Waals surface area contributed by atoms with Crippen LogP contribution in [0, 0.1) is 17.3 Å². The maximum absolute atomic E-state index is 13.0. The Kier molecular flexibility index (Phi) is 6.40. The second kappa shape index (κ2) is 8.56. The minimum atomic E-state index is -0.648. The molecule has 31 heavy (non-hydrogen) atoms. The van der Waals surface area contributed by atoms with Gasteiger partial charge in [-0.1, -0.05) is 52.3 Å². The molecule has 1 aliphatic carbocycles. The summed E-state index contributed by atoms with van der Waals surface area (Å²) in [4.78, 5) is 28.9. The van der Waals surface area contributed by atoms with Gasteiger partial charge in [0.2, 0.25) is 0 Å². The number of hydrogen-bond acceptors (Lipinski definition) is 4. The number of aromatic amines is 1. The van der Waals surface area contributed by atoms with Crippen LogP contribution in [-0.2, 0) is 9.47 Å². The molecular weight excluding hydrogens is 392 g/mol. The molecule has 0 radical (unpaired) electrons. The second-order valence-electron chi connectivity index (χ2n) is 10.9. The first-order chi connectivity index (χ1) is 14.3. The van der Waals surface area contributed by atoms with E-state index in [2.05, 4.69) is 38.0 Å².